The molecule has 1 fully saturated rings. The lowest BCUT2D eigenvalue weighted by Crippen LogP contribution is -2.47. The SMILES string of the molecule is CN(C(=O)c1ccsc1)[C@H](Cc1ccccc1F)C1CCN(Cc2cccc3nccnc23)CC1. The molecular formula is C28H29FN4OS. The third kappa shape index (κ3) is 5.26. The largest absolute Gasteiger partial charge is 0.338 e. The van der Waals surface area contributed by atoms with Crippen LogP contribution in [-0.2, 0) is 13.0 Å². The second-order valence-corrected chi connectivity index (χ2v) is 10.0. The minimum Gasteiger partial charge on any atom is -0.338 e. The van der Waals surface area contributed by atoms with Crippen LogP contribution in [0.2, 0.25) is 0 Å². The van der Waals surface area contributed by atoms with E-state index in [1.165, 1.54) is 23.0 Å². The number of likely N-dealkylation sites (N-methyl/N-ethyl adjacent to an activating group) is 1. The highest BCUT2D eigenvalue weighted by molar-refractivity contribution is 7.08. The lowest BCUT2D eigenvalue weighted by atomic mass is 9.84. The minimum atomic E-state index is -0.205. The number of aromatic nitrogens is 2. The fourth-order valence-electron chi connectivity index (χ4n) is 5.17. The Morgan fingerprint density at radius 2 is 1.86 bits per heavy atom. The van der Waals surface area contributed by atoms with Gasteiger partial charge in [0.05, 0.1) is 16.6 Å². The molecule has 0 bridgehead atoms. The number of piperidine rings is 1. The van der Waals surface area contributed by atoms with Gasteiger partial charge in [-0.2, -0.15) is 11.3 Å². The molecule has 0 radical (unpaired) electrons. The Bertz CT molecular complexity index is 1280. The van der Waals surface area contributed by atoms with Crippen molar-refractivity contribution in [2.45, 2.75) is 31.8 Å². The molecule has 7 heteroatoms. The molecule has 5 rings (SSSR count). The van der Waals surface area contributed by atoms with E-state index in [0.29, 0.717) is 23.5 Å². The number of para-hydroxylation sites is 1. The van der Waals surface area contributed by atoms with Crippen LogP contribution in [0.25, 0.3) is 11.0 Å². The molecule has 0 N–H and O–H groups in total. The predicted octanol–water partition coefficient (Wildman–Crippen LogP) is 5.43. The van der Waals surface area contributed by atoms with Crippen LogP contribution in [0.1, 0.15) is 34.3 Å². The van der Waals surface area contributed by atoms with E-state index < -0.39 is 0 Å². The molecule has 0 unspecified atom stereocenters. The Hall–Kier alpha value is -3.16. The first-order chi connectivity index (χ1) is 17.1. The first-order valence-electron chi connectivity index (χ1n) is 12.0. The number of carbonyl (C=O) groups excluding carboxylic acids is 1. The number of hydrogen-bond donors (Lipinski definition) is 0. The van der Waals surface area contributed by atoms with Gasteiger partial charge in [-0.05, 0) is 73.0 Å². The number of fused-ring (bicyclic) bond motifs is 1. The van der Waals surface area contributed by atoms with Gasteiger partial charge in [0.1, 0.15) is 5.82 Å². The van der Waals surface area contributed by atoms with E-state index in [9.17, 15) is 9.18 Å². The van der Waals surface area contributed by atoms with Crippen molar-refractivity contribution in [1.29, 1.82) is 0 Å². The van der Waals surface area contributed by atoms with Crippen LogP contribution >= 0.6 is 11.3 Å². The van der Waals surface area contributed by atoms with Crippen molar-refractivity contribution in [2.24, 2.45) is 5.92 Å². The van der Waals surface area contributed by atoms with Gasteiger partial charge in [0, 0.05) is 37.4 Å². The van der Waals surface area contributed by atoms with Crippen molar-refractivity contribution in [1.82, 2.24) is 19.8 Å². The molecule has 3 heterocycles. The highest BCUT2D eigenvalue weighted by Crippen LogP contribution is 2.29. The zero-order valence-corrected chi connectivity index (χ0v) is 20.6. The highest BCUT2D eigenvalue weighted by Gasteiger charge is 2.32. The molecule has 1 amide bonds. The molecule has 35 heavy (non-hydrogen) atoms. The zero-order chi connectivity index (χ0) is 24.2. The molecule has 0 spiro atoms. The molecule has 0 aliphatic carbocycles. The van der Waals surface area contributed by atoms with E-state index in [4.69, 9.17) is 0 Å². The highest BCUT2D eigenvalue weighted by atomic mass is 32.1. The normalized spacial score (nSPS) is 15.8. The van der Waals surface area contributed by atoms with Gasteiger partial charge in [0.25, 0.3) is 5.91 Å². The average Bonchev–Trinajstić information content (AvgIpc) is 3.43. The van der Waals surface area contributed by atoms with Crippen LogP contribution in [-0.4, -0.2) is 51.9 Å². The Morgan fingerprint density at radius 3 is 2.63 bits per heavy atom. The summed E-state index contributed by atoms with van der Waals surface area (Å²) in [4.78, 5) is 26.5. The van der Waals surface area contributed by atoms with Crippen LogP contribution in [0.3, 0.4) is 0 Å². The van der Waals surface area contributed by atoms with E-state index in [0.717, 1.165) is 43.5 Å². The molecule has 5 nitrogen and oxygen atoms in total. The Labute approximate surface area is 209 Å². The van der Waals surface area contributed by atoms with Crippen molar-refractivity contribution >= 4 is 28.3 Å². The molecule has 4 aromatic rings. The van der Waals surface area contributed by atoms with Crippen molar-refractivity contribution in [3.8, 4) is 0 Å². The van der Waals surface area contributed by atoms with E-state index >= 15 is 0 Å². The zero-order valence-electron chi connectivity index (χ0n) is 19.8. The molecule has 1 aliphatic heterocycles. The van der Waals surface area contributed by atoms with Gasteiger partial charge in [-0.1, -0.05) is 30.3 Å². The lowest BCUT2D eigenvalue weighted by molar-refractivity contribution is 0.0584. The maximum Gasteiger partial charge on any atom is 0.254 e. The lowest BCUT2D eigenvalue weighted by Gasteiger charge is -2.40. The molecule has 1 atom stereocenters. The van der Waals surface area contributed by atoms with Crippen LogP contribution in [0.4, 0.5) is 4.39 Å². The van der Waals surface area contributed by atoms with Crippen molar-refractivity contribution < 1.29 is 9.18 Å². The average molecular weight is 489 g/mol. The maximum atomic E-state index is 14.6. The van der Waals surface area contributed by atoms with Crippen molar-refractivity contribution in [2.75, 3.05) is 20.1 Å². The molecular weight excluding hydrogens is 459 g/mol. The topological polar surface area (TPSA) is 49.3 Å². The number of amides is 1. The van der Waals surface area contributed by atoms with Gasteiger partial charge in [-0.3, -0.25) is 19.7 Å². The number of thiophene rings is 1. The van der Waals surface area contributed by atoms with Gasteiger partial charge in [-0.15, -0.1) is 0 Å². The summed E-state index contributed by atoms with van der Waals surface area (Å²) in [7, 11) is 1.87. The Balaban J connectivity index is 1.31. The second-order valence-electron chi connectivity index (χ2n) is 9.25. The summed E-state index contributed by atoms with van der Waals surface area (Å²) in [5.41, 5.74) is 4.42. The van der Waals surface area contributed by atoms with Gasteiger partial charge in [0.15, 0.2) is 0 Å². The summed E-state index contributed by atoms with van der Waals surface area (Å²) in [6.07, 6.45) is 5.89. The number of benzene rings is 2. The number of likely N-dealkylation sites (tertiary alicyclic amines) is 1. The Kier molecular flexibility index (Phi) is 7.16. The van der Waals surface area contributed by atoms with Crippen molar-refractivity contribution in [3.05, 3.63) is 94.2 Å². The summed E-state index contributed by atoms with van der Waals surface area (Å²) in [5, 5.41) is 3.80. The monoisotopic (exact) mass is 488 g/mol. The predicted molar refractivity (Wildman–Crippen MR) is 138 cm³/mol. The van der Waals surface area contributed by atoms with Gasteiger partial charge in [0.2, 0.25) is 0 Å². The van der Waals surface area contributed by atoms with Crippen LogP contribution < -0.4 is 0 Å². The summed E-state index contributed by atoms with van der Waals surface area (Å²) in [6.45, 7) is 2.68. The molecule has 1 saturated heterocycles. The summed E-state index contributed by atoms with van der Waals surface area (Å²) < 4.78 is 14.6. The minimum absolute atomic E-state index is 0.00403. The molecule has 0 saturated carbocycles. The van der Waals surface area contributed by atoms with Gasteiger partial charge < -0.3 is 4.90 Å². The van der Waals surface area contributed by atoms with Crippen molar-refractivity contribution in [3.63, 3.8) is 0 Å². The van der Waals surface area contributed by atoms with E-state index in [1.807, 2.05) is 53.0 Å². The number of carbonyl (C=O) groups is 1. The van der Waals surface area contributed by atoms with E-state index in [2.05, 4.69) is 20.9 Å². The molecule has 1 aliphatic rings. The third-order valence-electron chi connectivity index (χ3n) is 7.13. The van der Waals surface area contributed by atoms with Crippen LogP contribution in [0.5, 0.6) is 0 Å². The molecule has 2 aromatic carbocycles. The Morgan fingerprint density at radius 1 is 1.09 bits per heavy atom. The maximum absolute atomic E-state index is 14.6. The summed E-state index contributed by atoms with van der Waals surface area (Å²) in [6, 6.07) is 14.9. The number of hydrogen-bond acceptors (Lipinski definition) is 5. The van der Waals surface area contributed by atoms with Gasteiger partial charge in [-0.25, -0.2) is 4.39 Å². The number of nitrogens with zero attached hydrogens (tertiary/aromatic N) is 4. The fraction of sp³-hybridized carbons (Fsp3) is 0.321. The standard InChI is InChI=1S/C28H29FN4OS/c1-32(28(34)23-11-16-35-19-23)26(17-21-5-2-3-7-24(21)29)20-9-14-33(15-10-20)18-22-6-4-8-25-27(22)31-13-12-30-25/h2-8,11-13,16,19-20,26H,9-10,14-15,17-18H2,1H3/t26-/m1/s1. The quantitative estimate of drug-likeness (QED) is 0.348. The molecule has 180 valence electrons. The third-order valence-corrected chi connectivity index (χ3v) is 7.81. The summed E-state index contributed by atoms with van der Waals surface area (Å²) >= 11 is 1.52. The van der Waals surface area contributed by atoms with Crippen LogP contribution in [0, 0.1) is 11.7 Å². The van der Waals surface area contributed by atoms with E-state index in [1.54, 1.807) is 18.5 Å². The second kappa shape index (κ2) is 10.6. The van der Waals surface area contributed by atoms with Gasteiger partial charge >= 0.3 is 0 Å². The summed E-state index contributed by atoms with van der Waals surface area (Å²) in [5.74, 6) is 0.0958. The smallest absolute Gasteiger partial charge is 0.254 e. The van der Waals surface area contributed by atoms with Crippen LogP contribution in [0.15, 0.2) is 71.7 Å². The first kappa shape index (κ1) is 23.6. The number of halogens is 1. The fourth-order valence-corrected chi connectivity index (χ4v) is 5.80. The van der Waals surface area contributed by atoms with E-state index in [-0.39, 0.29) is 17.8 Å². The molecule has 2 aromatic heterocycles. The first-order valence-corrected chi connectivity index (χ1v) is 13.0. The number of rotatable bonds is 7.